The second-order valence-electron chi connectivity index (χ2n) is 5.03. The second-order valence-corrected chi connectivity index (χ2v) is 5.97. The van der Waals surface area contributed by atoms with E-state index in [2.05, 4.69) is 4.98 Å². The molecule has 4 heteroatoms. The van der Waals surface area contributed by atoms with Gasteiger partial charge in [-0.3, -0.25) is 0 Å². The van der Waals surface area contributed by atoms with E-state index in [1.165, 1.54) is 0 Å². The summed E-state index contributed by atoms with van der Waals surface area (Å²) in [4.78, 5) is 4.44. The molecule has 1 heterocycles. The van der Waals surface area contributed by atoms with Crippen molar-refractivity contribution < 1.29 is 10.2 Å². The Kier molecular flexibility index (Phi) is 4.34. The highest BCUT2D eigenvalue weighted by molar-refractivity contribution is 7.09. The van der Waals surface area contributed by atoms with Gasteiger partial charge in [-0.15, -0.1) is 11.3 Å². The lowest BCUT2D eigenvalue weighted by atomic mass is 9.78. The predicted octanol–water partition coefficient (Wildman–Crippen LogP) is 2.23. The lowest BCUT2D eigenvalue weighted by Crippen LogP contribution is -2.37. The Bertz CT molecular complexity index is 547. The van der Waals surface area contributed by atoms with Gasteiger partial charge in [-0.05, 0) is 19.4 Å². The first-order valence-corrected chi connectivity index (χ1v) is 7.17. The molecule has 102 valence electrons. The fraction of sp³-hybridized carbons (Fsp3) is 0.400. The van der Waals surface area contributed by atoms with Crippen molar-refractivity contribution in [2.24, 2.45) is 0 Å². The molecule has 0 unspecified atom stereocenters. The minimum Gasteiger partial charge on any atom is -0.395 e. The van der Waals surface area contributed by atoms with Crippen LogP contribution in [-0.4, -0.2) is 28.4 Å². The van der Waals surface area contributed by atoms with Gasteiger partial charge in [0.2, 0.25) is 0 Å². The highest BCUT2D eigenvalue weighted by Crippen LogP contribution is 2.29. The third-order valence-corrected chi connectivity index (χ3v) is 4.36. The van der Waals surface area contributed by atoms with Gasteiger partial charge < -0.3 is 10.2 Å². The van der Waals surface area contributed by atoms with Crippen LogP contribution in [0.5, 0.6) is 0 Å². The lowest BCUT2D eigenvalue weighted by Gasteiger charge is -2.29. The fourth-order valence-electron chi connectivity index (χ4n) is 2.19. The van der Waals surface area contributed by atoms with E-state index >= 15 is 0 Å². The van der Waals surface area contributed by atoms with Gasteiger partial charge in [-0.1, -0.05) is 29.8 Å². The number of nitrogens with zero attached hydrogens (tertiary/aromatic N) is 1. The van der Waals surface area contributed by atoms with Gasteiger partial charge in [0.15, 0.2) is 0 Å². The van der Waals surface area contributed by atoms with Crippen LogP contribution in [-0.2, 0) is 11.8 Å². The maximum atomic E-state index is 9.81. The van der Waals surface area contributed by atoms with Crippen molar-refractivity contribution in [2.75, 3.05) is 13.2 Å². The maximum absolute atomic E-state index is 9.81. The van der Waals surface area contributed by atoms with E-state index in [1.807, 2.05) is 43.5 Å². The van der Waals surface area contributed by atoms with Gasteiger partial charge >= 0.3 is 0 Å². The first kappa shape index (κ1) is 14.2. The smallest absolute Gasteiger partial charge is 0.0938 e. The third-order valence-electron chi connectivity index (χ3n) is 3.39. The van der Waals surface area contributed by atoms with Crippen LogP contribution in [0, 0.1) is 13.8 Å². The molecular formula is C15H19NO2S. The molecule has 0 amide bonds. The van der Waals surface area contributed by atoms with Crippen LogP contribution in [0.3, 0.4) is 0 Å². The van der Waals surface area contributed by atoms with Crippen LogP contribution in [0.25, 0.3) is 0 Å². The summed E-state index contributed by atoms with van der Waals surface area (Å²) in [5.74, 6) is 0. The SMILES string of the molecule is Cc1cccc(C(CO)(CO)Cc2nc(C)cs2)c1. The fourth-order valence-corrected chi connectivity index (χ4v) is 3.11. The summed E-state index contributed by atoms with van der Waals surface area (Å²) >= 11 is 1.57. The molecule has 0 radical (unpaired) electrons. The summed E-state index contributed by atoms with van der Waals surface area (Å²) in [6, 6.07) is 7.95. The van der Waals surface area contributed by atoms with Crippen LogP contribution in [0.1, 0.15) is 21.8 Å². The van der Waals surface area contributed by atoms with Crippen LogP contribution in [0.2, 0.25) is 0 Å². The molecule has 3 nitrogen and oxygen atoms in total. The van der Waals surface area contributed by atoms with Crippen LogP contribution in [0.15, 0.2) is 29.6 Å². The van der Waals surface area contributed by atoms with Crippen molar-refractivity contribution in [3.05, 3.63) is 51.5 Å². The Hall–Kier alpha value is -1.23. The number of aliphatic hydroxyl groups is 2. The Morgan fingerprint density at radius 1 is 1.21 bits per heavy atom. The first-order valence-electron chi connectivity index (χ1n) is 6.29. The highest BCUT2D eigenvalue weighted by Gasteiger charge is 2.32. The van der Waals surface area contributed by atoms with E-state index in [-0.39, 0.29) is 13.2 Å². The van der Waals surface area contributed by atoms with Crippen molar-refractivity contribution in [1.82, 2.24) is 4.98 Å². The quantitative estimate of drug-likeness (QED) is 0.881. The number of aromatic nitrogens is 1. The van der Waals surface area contributed by atoms with E-state index in [0.717, 1.165) is 21.8 Å². The van der Waals surface area contributed by atoms with Gasteiger partial charge in [0.05, 0.1) is 18.2 Å². The summed E-state index contributed by atoms with van der Waals surface area (Å²) in [5, 5.41) is 22.5. The zero-order valence-electron chi connectivity index (χ0n) is 11.3. The molecule has 1 aromatic carbocycles. The molecule has 0 aliphatic carbocycles. The normalized spacial score (nSPS) is 11.8. The average Bonchev–Trinajstić information content (AvgIpc) is 2.81. The van der Waals surface area contributed by atoms with Crippen molar-refractivity contribution in [1.29, 1.82) is 0 Å². The highest BCUT2D eigenvalue weighted by atomic mass is 32.1. The topological polar surface area (TPSA) is 53.4 Å². The van der Waals surface area contributed by atoms with Gasteiger partial charge in [0.25, 0.3) is 0 Å². The molecule has 0 saturated carbocycles. The summed E-state index contributed by atoms with van der Waals surface area (Å²) < 4.78 is 0. The Morgan fingerprint density at radius 2 is 1.95 bits per heavy atom. The number of thiazole rings is 1. The zero-order valence-corrected chi connectivity index (χ0v) is 12.1. The Labute approximate surface area is 117 Å². The molecule has 2 N–H and O–H groups in total. The van der Waals surface area contributed by atoms with Crippen LogP contribution in [0.4, 0.5) is 0 Å². The molecule has 2 rings (SSSR count). The minimum atomic E-state index is -0.656. The largest absolute Gasteiger partial charge is 0.395 e. The summed E-state index contributed by atoms with van der Waals surface area (Å²) in [5.41, 5.74) is 2.41. The van der Waals surface area contributed by atoms with Crippen molar-refractivity contribution in [3.63, 3.8) is 0 Å². The van der Waals surface area contributed by atoms with Gasteiger partial charge in [0.1, 0.15) is 0 Å². The molecule has 0 aliphatic rings. The van der Waals surface area contributed by atoms with Gasteiger partial charge in [-0.25, -0.2) is 4.98 Å². The monoisotopic (exact) mass is 277 g/mol. The third kappa shape index (κ3) is 3.03. The Balaban J connectivity index is 2.37. The van der Waals surface area contributed by atoms with E-state index in [0.29, 0.717) is 6.42 Å². The molecule has 0 atom stereocenters. The molecule has 0 fully saturated rings. The van der Waals surface area contributed by atoms with Crippen molar-refractivity contribution >= 4 is 11.3 Å². The molecule has 0 saturated heterocycles. The number of rotatable bonds is 5. The van der Waals surface area contributed by atoms with E-state index in [9.17, 15) is 10.2 Å². The Morgan fingerprint density at radius 3 is 2.47 bits per heavy atom. The number of aliphatic hydroxyl groups excluding tert-OH is 2. The average molecular weight is 277 g/mol. The van der Waals surface area contributed by atoms with Crippen LogP contribution >= 0.6 is 11.3 Å². The zero-order chi connectivity index (χ0) is 13.9. The molecule has 0 bridgehead atoms. The molecule has 1 aromatic heterocycles. The molecule has 2 aromatic rings. The predicted molar refractivity (Wildman–Crippen MR) is 77.6 cm³/mol. The van der Waals surface area contributed by atoms with E-state index < -0.39 is 5.41 Å². The number of benzene rings is 1. The van der Waals surface area contributed by atoms with Gasteiger partial charge in [0, 0.05) is 22.9 Å². The molecule has 0 aliphatic heterocycles. The summed E-state index contributed by atoms with van der Waals surface area (Å²) in [6.07, 6.45) is 0.558. The number of aryl methyl sites for hydroxylation is 2. The van der Waals surface area contributed by atoms with Crippen molar-refractivity contribution in [3.8, 4) is 0 Å². The standard InChI is InChI=1S/C15H19NO2S/c1-11-4-3-5-13(6-11)15(9-17,10-18)7-14-16-12(2)8-19-14/h3-6,8,17-18H,7,9-10H2,1-2H3. The first-order chi connectivity index (χ1) is 9.09. The summed E-state index contributed by atoms with van der Waals surface area (Å²) in [7, 11) is 0. The lowest BCUT2D eigenvalue weighted by molar-refractivity contribution is 0.116. The molecule has 19 heavy (non-hydrogen) atoms. The second kappa shape index (κ2) is 5.82. The minimum absolute atomic E-state index is 0.0917. The number of hydrogen-bond acceptors (Lipinski definition) is 4. The molecular weight excluding hydrogens is 258 g/mol. The van der Waals surface area contributed by atoms with Crippen LogP contribution < -0.4 is 0 Å². The molecule has 0 spiro atoms. The number of hydrogen-bond donors (Lipinski definition) is 2. The van der Waals surface area contributed by atoms with E-state index in [4.69, 9.17) is 0 Å². The van der Waals surface area contributed by atoms with E-state index in [1.54, 1.807) is 11.3 Å². The van der Waals surface area contributed by atoms with Crippen molar-refractivity contribution in [2.45, 2.75) is 25.7 Å². The summed E-state index contributed by atoms with van der Waals surface area (Å²) in [6.45, 7) is 3.78. The maximum Gasteiger partial charge on any atom is 0.0938 e. The van der Waals surface area contributed by atoms with Gasteiger partial charge in [-0.2, -0.15) is 0 Å².